The zero-order valence-corrected chi connectivity index (χ0v) is 18.6. The van der Waals surface area contributed by atoms with Gasteiger partial charge in [-0.25, -0.2) is 0 Å². The first-order chi connectivity index (χ1) is 13.7. The van der Waals surface area contributed by atoms with E-state index in [0.29, 0.717) is 0 Å². The lowest BCUT2D eigenvalue weighted by Gasteiger charge is -2.05. The van der Waals surface area contributed by atoms with Crippen molar-refractivity contribution >= 4 is 0 Å². The average Bonchev–Trinajstić information content (AvgIpc) is 2.68. The highest BCUT2D eigenvalue weighted by atomic mass is 16.3. The number of phenols is 2. The molecule has 1 aromatic rings. The molecule has 1 aromatic carbocycles. The Morgan fingerprint density at radius 3 is 1.32 bits per heavy atom. The number of aromatic hydroxyl groups is 2. The highest BCUT2D eigenvalue weighted by Gasteiger charge is 2.02. The van der Waals surface area contributed by atoms with E-state index in [1.165, 1.54) is 115 Å². The largest absolute Gasteiger partial charge is 0.508 e. The Morgan fingerprint density at radius 1 is 0.536 bits per heavy atom. The van der Waals surface area contributed by atoms with Gasteiger partial charge in [0.2, 0.25) is 0 Å². The lowest BCUT2D eigenvalue weighted by atomic mass is 10.0. The Labute approximate surface area is 174 Å². The fourth-order valence-corrected chi connectivity index (χ4v) is 3.98. The number of hydrogen-bond donors (Lipinski definition) is 2. The first-order valence-corrected chi connectivity index (χ1v) is 12.2. The third kappa shape index (κ3) is 13.9. The molecule has 0 aliphatic heterocycles. The third-order valence-corrected chi connectivity index (χ3v) is 5.87. The molecule has 0 spiro atoms. The Hall–Kier alpha value is -1.18. The molecular weight excluding hydrogens is 344 g/mol. The molecule has 162 valence electrons. The van der Waals surface area contributed by atoms with Crippen LogP contribution in [0.4, 0.5) is 0 Å². The van der Waals surface area contributed by atoms with E-state index in [1.54, 1.807) is 6.07 Å². The topological polar surface area (TPSA) is 40.5 Å². The summed E-state index contributed by atoms with van der Waals surface area (Å²) in [6, 6.07) is 4.92. The van der Waals surface area contributed by atoms with Crippen molar-refractivity contribution in [1.82, 2.24) is 0 Å². The van der Waals surface area contributed by atoms with E-state index in [4.69, 9.17) is 0 Å². The molecule has 0 radical (unpaired) electrons. The van der Waals surface area contributed by atoms with Crippen LogP contribution in [0.15, 0.2) is 18.2 Å². The predicted molar refractivity (Wildman–Crippen MR) is 122 cm³/mol. The third-order valence-electron chi connectivity index (χ3n) is 5.87. The molecule has 0 aliphatic carbocycles. The molecule has 0 unspecified atom stereocenters. The molecule has 0 aromatic heterocycles. The van der Waals surface area contributed by atoms with Crippen LogP contribution >= 0.6 is 0 Å². The fraction of sp³-hybridized carbons (Fsp3) is 0.769. The standard InChI is InChI=1S/C26H46O2/c1-2-3-4-5-6-7-8-9-10-11-12-13-14-15-16-17-18-19-20-24-21-22-25(27)23-26(24)28/h21-23,27-28H,2-20H2,1H3. The summed E-state index contributed by atoms with van der Waals surface area (Å²) in [5.41, 5.74) is 0.953. The van der Waals surface area contributed by atoms with Crippen LogP contribution < -0.4 is 0 Å². The zero-order chi connectivity index (χ0) is 20.3. The van der Waals surface area contributed by atoms with Gasteiger partial charge in [0.05, 0.1) is 0 Å². The molecule has 2 N–H and O–H groups in total. The minimum Gasteiger partial charge on any atom is -0.508 e. The summed E-state index contributed by atoms with van der Waals surface area (Å²) < 4.78 is 0. The minimum absolute atomic E-state index is 0.138. The maximum Gasteiger partial charge on any atom is 0.122 e. The van der Waals surface area contributed by atoms with Gasteiger partial charge in [0.1, 0.15) is 11.5 Å². The molecule has 0 aliphatic rings. The summed E-state index contributed by atoms with van der Waals surface area (Å²) in [5.74, 6) is 0.367. The molecule has 0 amide bonds. The van der Waals surface area contributed by atoms with Crippen LogP contribution in [0, 0.1) is 0 Å². The number of aryl methyl sites for hydroxylation is 1. The molecule has 0 fully saturated rings. The van der Waals surface area contributed by atoms with Crippen LogP contribution in [-0.4, -0.2) is 10.2 Å². The summed E-state index contributed by atoms with van der Waals surface area (Å²) >= 11 is 0. The fourth-order valence-electron chi connectivity index (χ4n) is 3.98. The van der Waals surface area contributed by atoms with Gasteiger partial charge in [-0.15, -0.1) is 0 Å². The van der Waals surface area contributed by atoms with Gasteiger partial charge in [0.15, 0.2) is 0 Å². The molecular formula is C26H46O2. The highest BCUT2D eigenvalue weighted by Crippen LogP contribution is 2.24. The summed E-state index contributed by atoms with van der Waals surface area (Å²) in [7, 11) is 0. The number of hydrogen-bond acceptors (Lipinski definition) is 2. The van der Waals surface area contributed by atoms with Crippen molar-refractivity contribution in [2.75, 3.05) is 0 Å². The smallest absolute Gasteiger partial charge is 0.122 e. The number of unbranched alkanes of at least 4 members (excludes halogenated alkanes) is 17. The van der Waals surface area contributed by atoms with Gasteiger partial charge in [-0.1, -0.05) is 122 Å². The van der Waals surface area contributed by atoms with E-state index in [2.05, 4.69) is 6.92 Å². The van der Waals surface area contributed by atoms with Crippen LogP contribution in [0.3, 0.4) is 0 Å². The van der Waals surface area contributed by atoms with Crippen LogP contribution in [-0.2, 0) is 6.42 Å². The van der Waals surface area contributed by atoms with Crippen molar-refractivity contribution in [2.45, 2.75) is 129 Å². The van der Waals surface area contributed by atoms with Crippen LogP contribution in [0.2, 0.25) is 0 Å². The quantitative estimate of drug-likeness (QED) is 0.232. The zero-order valence-electron chi connectivity index (χ0n) is 18.6. The van der Waals surface area contributed by atoms with Crippen molar-refractivity contribution in [3.05, 3.63) is 23.8 Å². The van der Waals surface area contributed by atoms with Gasteiger partial charge < -0.3 is 10.2 Å². The molecule has 1 rings (SSSR count). The summed E-state index contributed by atoms with van der Waals surface area (Å²) in [4.78, 5) is 0. The Bertz CT molecular complexity index is 470. The van der Waals surface area contributed by atoms with E-state index in [9.17, 15) is 10.2 Å². The van der Waals surface area contributed by atoms with E-state index in [0.717, 1.165) is 18.4 Å². The normalized spacial score (nSPS) is 11.2. The average molecular weight is 391 g/mol. The lowest BCUT2D eigenvalue weighted by Crippen LogP contribution is -1.87. The second-order valence-electron chi connectivity index (χ2n) is 8.57. The van der Waals surface area contributed by atoms with Gasteiger partial charge in [-0.05, 0) is 24.5 Å². The van der Waals surface area contributed by atoms with Gasteiger partial charge in [-0.3, -0.25) is 0 Å². The predicted octanol–water partition coefficient (Wildman–Crippen LogP) is 8.68. The number of rotatable bonds is 19. The lowest BCUT2D eigenvalue weighted by molar-refractivity contribution is 0.444. The molecule has 0 heterocycles. The van der Waals surface area contributed by atoms with Crippen LogP contribution in [0.1, 0.15) is 128 Å². The van der Waals surface area contributed by atoms with Crippen molar-refractivity contribution in [3.8, 4) is 11.5 Å². The van der Waals surface area contributed by atoms with E-state index in [-0.39, 0.29) is 11.5 Å². The Balaban J connectivity index is 1.76. The van der Waals surface area contributed by atoms with Gasteiger partial charge in [-0.2, -0.15) is 0 Å². The SMILES string of the molecule is CCCCCCCCCCCCCCCCCCCCc1ccc(O)cc1O. The highest BCUT2D eigenvalue weighted by molar-refractivity contribution is 5.38. The first-order valence-electron chi connectivity index (χ1n) is 12.2. The van der Waals surface area contributed by atoms with Crippen LogP contribution in [0.25, 0.3) is 0 Å². The molecule has 2 nitrogen and oxygen atoms in total. The van der Waals surface area contributed by atoms with E-state index in [1.807, 2.05) is 6.07 Å². The maximum absolute atomic E-state index is 9.77. The second kappa shape index (κ2) is 17.9. The Kier molecular flexibility index (Phi) is 15.9. The van der Waals surface area contributed by atoms with Crippen molar-refractivity contribution < 1.29 is 10.2 Å². The van der Waals surface area contributed by atoms with Gasteiger partial charge >= 0.3 is 0 Å². The van der Waals surface area contributed by atoms with Crippen molar-refractivity contribution in [3.63, 3.8) is 0 Å². The minimum atomic E-state index is 0.138. The summed E-state index contributed by atoms with van der Waals surface area (Å²) in [6.45, 7) is 2.29. The van der Waals surface area contributed by atoms with Gasteiger partial charge in [0.25, 0.3) is 0 Å². The second-order valence-corrected chi connectivity index (χ2v) is 8.57. The maximum atomic E-state index is 9.77. The molecule has 0 atom stereocenters. The number of phenolic OH excluding ortho intramolecular Hbond substituents is 2. The first kappa shape index (κ1) is 24.9. The van der Waals surface area contributed by atoms with E-state index >= 15 is 0 Å². The molecule has 0 bridgehead atoms. The van der Waals surface area contributed by atoms with Crippen molar-refractivity contribution in [2.24, 2.45) is 0 Å². The monoisotopic (exact) mass is 390 g/mol. The molecule has 2 heteroatoms. The van der Waals surface area contributed by atoms with E-state index < -0.39 is 0 Å². The van der Waals surface area contributed by atoms with Gasteiger partial charge in [0, 0.05) is 6.07 Å². The molecule has 0 saturated carbocycles. The molecule has 0 saturated heterocycles. The summed E-state index contributed by atoms with van der Waals surface area (Å²) in [6.07, 6.45) is 25.9. The summed E-state index contributed by atoms with van der Waals surface area (Å²) in [5, 5.41) is 19.1. The molecule has 28 heavy (non-hydrogen) atoms. The number of benzene rings is 1. The van der Waals surface area contributed by atoms with Crippen LogP contribution in [0.5, 0.6) is 11.5 Å². The van der Waals surface area contributed by atoms with Crippen molar-refractivity contribution in [1.29, 1.82) is 0 Å². The Morgan fingerprint density at radius 2 is 0.929 bits per heavy atom.